The zero-order chi connectivity index (χ0) is 14.8. The van der Waals surface area contributed by atoms with Gasteiger partial charge >= 0.3 is 6.18 Å². The summed E-state index contributed by atoms with van der Waals surface area (Å²) in [6.45, 7) is 2.85. The highest BCUT2D eigenvalue weighted by Crippen LogP contribution is 2.30. The molecular weight excluding hydrogens is 289 g/mol. The molecule has 0 aliphatic heterocycles. The van der Waals surface area contributed by atoms with Crippen molar-refractivity contribution in [2.45, 2.75) is 19.6 Å². The van der Waals surface area contributed by atoms with Gasteiger partial charge in [-0.3, -0.25) is 0 Å². The van der Waals surface area contributed by atoms with Crippen LogP contribution in [0.15, 0.2) is 23.6 Å². The number of alkyl halides is 3. The second kappa shape index (κ2) is 5.66. The van der Waals surface area contributed by atoms with Gasteiger partial charge in [-0.1, -0.05) is 6.07 Å². The molecule has 0 amide bonds. The molecule has 0 fully saturated rings. The first kappa shape index (κ1) is 14.6. The number of nitrogen functional groups attached to an aromatic ring is 1. The van der Waals surface area contributed by atoms with Gasteiger partial charge in [0.25, 0.3) is 0 Å². The summed E-state index contributed by atoms with van der Waals surface area (Å²) in [7, 11) is 0. The topological polar surface area (TPSA) is 55.0 Å². The summed E-state index contributed by atoms with van der Waals surface area (Å²) in [6.07, 6.45) is -4.53. The maximum Gasteiger partial charge on any atom is 0.433 e. The van der Waals surface area contributed by atoms with Crippen molar-refractivity contribution in [1.82, 2.24) is 9.97 Å². The molecule has 2 N–H and O–H groups in total. The highest BCUT2D eigenvalue weighted by Gasteiger charge is 2.34. The molecule has 0 unspecified atom stereocenters. The molecule has 2 aromatic rings. The number of thiophene rings is 1. The molecule has 0 aliphatic rings. The van der Waals surface area contributed by atoms with Crippen molar-refractivity contribution in [2.24, 2.45) is 0 Å². The maximum absolute atomic E-state index is 12.7. The normalized spacial score (nSPS) is 11.6. The van der Waals surface area contributed by atoms with Crippen LogP contribution < -0.4 is 10.6 Å². The van der Waals surface area contributed by atoms with Crippen LogP contribution in [0.4, 0.5) is 24.9 Å². The molecule has 4 nitrogen and oxygen atoms in total. The minimum Gasteiger partial charge on any atom is -0.368 e. The Kier molecular flexibility index (Phi) is 4.12. The van der Waals surface area contributed by atoms with E-state index in [1.807, 2.05) is 24.4 Å². The first-order valence-corrected chi connectivity index (χ1v) is 6.77. The second-order valence-corrected chi connectivity index (χ2v) is 5.09. The predicted octanol–water partition coefficient (Wildman–Crippen LogP) is 3.17. The van der Waals surface area contributed by atoms with Crippen LogP contribution in [0.25, 0.3) is 0 Å². The Labute approximate surface area is 118 Å². The quantitative estimate of drug-likeness (QED) is 0.942. The Balaban J connectivity index is 2.32. The minimum atomic E-state index is -4.53. The molecule has 0 aromatic carbocycles. The number of halogens is 3. The Hall–Kier alpha value is -1.83. The van der Waals surface area contributed by atoms with Crippen LogP contribution in [0.3, 0.4) is 0 Å². The van der Waals surface area contributed by atoms with Crippen LogP contribution in [-0.2, 0) is 12.7 Å². The van der Waals surface area contributed by atoms with E-state index in [9.17, 15) is 13.2 Å². The van der Waals surface area contributed by atoms with E-state index in [4.69, 9.17) is 5.73 Å². The molecule has 0 saturated heterocycles. The van der Waals surface area contributed by atoms with Gasteiger partial charge in [0.15, 0.2) is 5.69 Å². The van der Waals surface area contributed by atoms with Crippen molar-refractivity contribution in [1.29, 1.82) is 0 Å². The first-order valence-electron chi connectivity index (χ1n) is 5.89. The first-order chi connectivity index (χ1) is 9.40. The molecule has 2 aromatic heterocycles. The number of hydrogen-bond donors (Lipinski definition) is 1. The third-order valence-corrected chi connectivity index (χ3v) is 3.51. The lowest BCUT2D eigenvalue weighted by Crippen LogP contribution is -2.24. The fraction of sp³-hybridized carbons (Fsp3) is 0.333. The van der Waals surface area contributed by atoms with Gasteiger partial charge < -0.3 is 10.6 Å². The van der Waals surface area contributed by atoms with Crippen LogP contribution in [0, 0.1) is 0 Å². The van der Waals surface area contributed by atoms with Crippen molar-refractivity contribution in [2.75, 3.05) is 17.2 Å². The van der Waals surface area contributed by atoms with Gasteiger partial charge in [0.05, 0.1) is 6.54 Å². The molecule has 2 heterocycles. The summed E-state index contributed by atoms with van der Waals surface area (Å²) < 4.78 is 38.2. The molecule has 0 aliphatic carbocycles. The van der Waals surface area contributed by atoms with Crippen molar-refractivity contribution in [3.8, 4) is 0 Å². The number of nitrogens with zero attached hydrogens (tertiary/aromatic N) is 3. The van der Waals surface area contributed by atoms with Gasteiger partial charge in [0.2, 0.25) is 5.95 Å². The fourth-order valence-electron chi connectivity index (χ4n) is 1.71. The molecule has 0 radical (unpaired) electrons. The monoisotopic (exact) mass is 302 g/mol. The smallest absolute Gasteiger partial charge is 0.368 e. The molecular formula is C12H13F3N4S. The van der Waals surface area contributed by atoms with E-state index in [1.54, 1.807) is 4.90 Å². The van der Waals surface area contributed by atoms with E-state index in [2.05, 4.69) is 9.97 Å². The van der Waals surface area contributed by atoms with Crippen molar-refractivity contribution in [3.63, 3.8) is 0 Å². The minimum absolute atomic E-state index is 0.181. The molecule has 0 bridgehead atoms. The van der Waals surface area contributed by atoms with Gasteiger partial charge in [-0.25, -0.2) is 4.98 Å². The zero-order valence-corrected chi connectivity index (χ0v) is 11.5. The lowest BCUT2D eigenvalue weighted by atomic mass is 10.3. The van der Waals surface area contributed by atoms with Gasteiger partial charge in [-0.05, 0) is 18.4 Å². The molecule has 2 rings (SSSR count). The summed E-state index contributed by atoms with van der Waals surface area (Å²) >= 11 is 1.54. The van der Waals surface area contributed by atoms with Crippen molar-refractivity contribution in [3.05, 3.63) is 34.2 Å². The lowest BCUT2D eigenvalue weighted by Gasteiger charge is -2.22. The van der Waals surface area contributed by atoms with E-state index in [-0.39, 0.29) is 11.8 Å². The van der Waals surface area contributed by atoms with Crippen LogP contribution in [0.1, 0.15) is 17.5 Å². The number of anilines is 2. The maximum atomic E-state index is 12.7. The Morgan fingerprint density at radius 1 is 1.35 bits per heavy atom. The van der Waals surface area contributed by atoms with Gasteiger partial charge in [-0.15, -0.1) is 11.3 Å². The van der Waals surface area contributed by atoms with Crippen LogP contribution in [0.5, 0.6) is 0 Å². The molecule has 108 valence electrons. The van der Waals surface area contributed by atoms with Crippen LogP contribution >= 0.6 is 11.3 Å². The van der Waals surface area contributed by atoms with E-state index in [0.717, 1.165) is 10.9 Å². The number of aromatic nitrogens is 2. The molecule has 0 spiro atoms. The molecule has 0 saturated carbocycles. The summed E-state index contributed by atoms with van der Waals surface area (Å²) in [6, 6.07) is 4.74. The molecule has 20 heavy (non-hydrogen) atoms. The second-order valence-electron chi connectivity index (χ2n) is 4.06. The van der Waals surface area contributed by atoms with Gasteiger partial charge in [0, 0.05) is 17.5 Å². The molecule has 0 atom stereocenters. The average molecular weight is 302 g/mol. The highest BCUT2D eigenvalue weighted by molar-refractivity contribution is 7.09. The van der Waals surface area contributed by atoms with Gasteiger partial charge in [0.1, 0.15) is 5.82 Å². The van der Waals surface area contributed by atoms with E-state index in [1.165, 1.54) is 11.3 Å². The SMILES string of the molecule is CCN(Cc1cccs1)c1cc(C(F)(F)F)nc(N)n1. The lowest BCUT2D eigenvalue weighted by molar-refractivity contribution is -0.141. The number of rotatable bonds is 4. The Morgan fingerprint density at radius 3 is 2.65 bits per heavy atom. The molecule has 8 heteroatoms. The van der Waals surface area contributed by atoms with E-state index < -0.39 is 11.9 Å². The van der Waals surface area contributed by atoms with E-state index in [0.29, 0.717) is 13.1 Å². The van der Waals surface area contributed by atoms with Crippen LogP contribution in [-0.4, -0.2) is 16.5 Å². The number of hydrogen-bond acceptors (Lipinski definition) is 5. The van der Waals surface area contributed by atoms with Gasteiger partial charge in [-0.2, -0.15) is 18.2 Å². The Bertz CT molecular complexity index is 569. The standard InChI is InChI=1S/C12H13F3N4S/c1-2-19(7-8-4-3-5-20-8)10-6-9(12(13,14)15)17-11(16)18-10/h3-6H,2,7H2,1H3,(H2,16,17,18). The van der Waals surface area contributed by atoms with Crippen LogP contribution in [0.2, 0.25) is 0 Å². The number of nitrogens with two attached hydrogens (primary N) is 1. The van der Waals surface area contributed by atoms with Crippen molar-refractivity contribution < 1.29 is 13.2 Å². The largest absolute Gasteiger partial charge is 0.433 e. The zero-order valence-electron chi connectivity index (χ0n) is 10.7. The predicted molar refractivity (Wildman–Crippen MR) is 72.5 cm³/mol. The summed E-state index contributed by atoms with van der Waals surface area (Å²) in [5.74, 6) is -0.194. The van der Waals surface area contributed by atoms with Crippen molar-refractivity contribution >= 4 is 23.1 Å². The Morgan fingerprint density at radius 2 is 2.10 bits per heavy atom. The highest BCUT2D eigenvalue weighted by atomic mass is 32.1. The average Bonchev–Trinajstić information content (AvgIpc) is 2.87. The third-order valence-electron chi connectivity index (χ3n) is 2.65. The third kappa shape index (κ3) is 3.38. The van der Waals surface area contributed by atoms with E-state index >= 15 is 0 Å². The fourth-order valence-corrected chi connectivity index (χ4v) is 2.42. The summed E-state index contributed by atoms with van der Waals surface area (Å²) in [4.78, 5) is 9.89. The summed E-state index contributed by atoms with van der Waals surface area (Å²) in [5, 5.41) is 1.92. The summed E-state index contributed by atoms with van der Waals surface area (Å²) in [5.41, 5.74) is 4.35.